The van der Waals surface area contributed by atoms with Gasteiger partial charge in [-0.15, -0.1) is 0 Å². The molecule has 0 aliphatic rings. The molecule has 1 aromatic heterocycles. The summed E-state index contributed by atoms with van der Waals surface area (Å²) in [5.74, 6) is 0.310. The second-order valence-corrected chi connectivity index (χ2v) is 8.54. The van der Waals surface area contributed by atoms with Gasteiger partial charge in [-0.3, -0.25) is 0 Å². The number of halogens is 1. The Balaban J connectivity index is 1.64. The van der Waals surface area contributed by atoms with Crippen molar-refractivity contribution >= 4 is 10.0 Å². The lowest BCUT2D eigenvalue weighted by Crippen LogP contribution is -2.29. The first kappa shape index (κ1) is 20.2. The van der Waals surface area contributed by atoms with Crippen molar-refractivity contribution in [3.8, 4) is 11.5 Å². The molecule has 0 unspecified atom stereocenters. The van der Waals surface area contributed by atoms with Gasteiger partial charge in [0.15, 0.2) is 5.82 Å². The molecular formula is C20H22FN3O3S. The Morgan fingerprint density at radius 1 is 1.04 bits per heavy atom. The Kier molecular flexibility index (Phi) is 6.21. The lowest BCUT2D eigenvalue weighted by molar-refractivity contribution is 0.415. The fourth-order valence-electron chi connectivity index (χ4n) is 2.74. The zero-order valence-corrected chi connectivity index (χ0v) is 16.6. The highest BCUT2D eigenvalue weighted by Crippen LogP contribution is 2.19. The van der Waals surface area contributed by atoms with E-state index in [9.17, 15) is 12.8 Å². The monoisotopic (exact) mass is 403 g/mol. The molecule has 0 saturated carbocycles. The molecule has 0 amide bonds. The van der Waals surface area contributed by atoms with Crippen molar-refractivity contribution in [3.63, 3.8) is 0 Å². The number of aryl methyl sites for hydroxylation is 1. The predicted molar refractivity (Wildman–Crippen MR) is 104 cm³/mol. The van der Waals surface area contributed by atoms with Crippen LogP contribution in [0.1, 0.15) is 24.7 Å². The number of likely N-dealkylation sites (N-methyl/N-ethyl adjacent to an activating group) is 1. The summed E-state index contributed by atoms with van der Waals surface area (Å²) < 4.78 is 44.9. The van der Waals surface area contributed by atoms with Gasteiger partial charge >= 0.3 is 0 Å². The van der Waals surface area contributed by atoms with Crippen molar-refractivity contribution in [2.45, 2.75) is 31.1 Å². The molecule has 0 aliphatic carbocycles. The van der Waals surface area contributed by atoms with E-state index in [4.69, 9.17) is 4.52 Å². The van der Waals surface area contributed by atoms with Crippen LogP contribution in [0.3, 0.4) is 0 Å². The van der Waals surface area contributed by atoms with Crippen LogP contribution in [0.2, 0.25) is 0 Å². The van der Waals surface area contributed by atoms with Crippen molar-refractivity contribution in [2.75, 3.05) is 13.6 Å². The summed E-state index contributed by atoms with van der Waals surface area (Å²) in [5, 5.41) is 3.87. The molecule has 0 spiro atoms. The molecule has 0 fully saturated rings. The third-order valence-corrected chi connectivity index (χ3v) is 6.25. The molecule has 0 saturated heterocycles. The summed E-state index contributed by atoms with van der Waals surface area (Å²) in [6.45, 7) is 2.29. The third-order valence-electron chi connectivity index (χ3n) is 4.38. The number of hydrogen-bond donors (Lipinski definition) is 0. The van der Waals surface area contributed by atoms with Gasteiger partial charge in [-0.25, -0.2) is 17.1 Å². The first-order valence-corrected chi connectivity index (χ1v) is 10.5. The lowest BCUT2D eigenvalue weighted by Gasteiger charge is -2.16. The van der Waals surface area contributed by atoms with Crippen LogP contribution in [0.4, 0.5) is 4.39 Å². The van der Waals surface area contributed by atoms with E-state index in [0.29, 0.717) is 17.8 Å². The fourth-order valence-corrected chi connectivity index (χ4v) is 3.91. The molecule has 8 heteroatoms. The number of rotatable bonds is 8. The molecule has 28 heavy (non-hydrogen) atoms. The van der Waals surface area contributed by atoms with E-state index < -0.39 is 10.0 Å². The average Bonchev–Trinajstić information content (AvgIpc) is 3.16. The van der Waals surface area contributed by atoms with Gasteiger partial charge in [0.05, 0.1) is 4.90 Å². The van der Waals surface area contributed by atoms with E-state index in [1.807, 2.05) is 12.1 Å². The minimum absolute atomic E-state index is 0.210. The third kappa shape index (κ3) is 4.63. The van der Waals surface area contributed by atoms with Gasteiger partial charge in [-0.05, 0) is 48.4 Å². The van der Waals surface area contributed by atoms with Gasteiger partial charge < -0.3 is 4.52 Å². The molecule has 2 aromatic carbocycles. The van der Waals surface area contributed by atoms with Crippen molar-refractivity contribution in [3.05, 3.63) is 65.7 Å². The first-order valence-electron chi connectivity index (χ1n) is 9.04. The van der Waals surface area contributed by atoms with Crippen LogP contribution >= 0.6 is 0 Å². The van der Waals surface area contributed by atoms with Crippen LogP contribution in [0.5, 0.6) is 0 Å². The lowest BCUT2D eigenvalue weighted by atomic mass is 10.1. The highest BCUT2D eigenvalue weighted by atomic mass is 32.2. The van der Waals surface area contributed by atoms with E-state index in [2.05, 4.69) is 17.1 Å². The van der Waals surface area contributed by atoms with Gasteiger partial charge in [0.2, 0.25) is 10.0 Å². The van der Waals surface area contributed by atoms with Gasteiger partial charge in [0.1, 0.15) is 5.82 Å². The predicted octanol–water partition coefficient (Wildman–Crippen LogP) is 3.69. The highest BCUT2D eigenvalue weighted by Gasteiger charge is 2.21. The van der Waals surface area contributed by atoms with Crippen molar-refractivity contribution in [2.24, 2.45) is 0 Å². The second kappa shape index (κ2) is 8.62. The van der Waals surface area contributed by atoms with Crippen molar-refractivity contribution in [1.29, 1.82) is 0 Å². The minimum Gasteiger partial charge on any atom is -0.334 e. The van der Waals surface area contributed by atoms with Crippen LogP contribution in [-0.4, -0.2) is 36.5 Å². The molecule has 0 atom stereocenters. The maximum Gasteiger partial charge on any atom is 0.257 e. The van der Waals surface area contributed by atoms with Gasteiger partial charge in [0, 0.05) is 25.6 Å². The van der Waals surface area contributed by atoms with Gasteiger partial charge in [-0.1, -0.05) is 30.6 Å². The normalized spacial score (nSPS) is 11.9. The number of aromatic nitrogens is 2. The summed E-state index contributed by atoms with van der Waals surface area (Å²) in [7, 11) is -2.06. The average molecular weight is 403 g/mol. The number of benzene rings is 2. The van der Waals surface area contributed by atoms with Crippen molar-refractivity contribution < 1.29 is 17.3 Å². The van der Waals surface area contributed by atoms with Crippen LogP contribution in [0.15, 0.2) is 57.9 Å². The van der Waals surface area contributed by atoms with Gasteiger partial charge in [0.25, 0.3) is 5.89 Å². The first-order chi connectivity index (χ1) is 13.4. The molecular weight excluding hydrogens is 381 g/mol. The molecule has 0 aliphatic heterocycles. The Labute approximate surface area is 164 Å². The summed E-state index contributed by atoms with van der Waals surface area (Å²) in [6.07, 6.45) is 2.23. The number of sulfonamides is 1. The maximum atomic E-state index is 13.0. The Hall–Kier alpha value is -2.58. The molecule has 3 aromatic rings. The standard InChI is InChI=1S/C20H22FN3O3S/c1-3-4-15-5-11-18(12-6-15)28(25,26)24(2)14-13-19-22-20(27-23-19)16-7-9-17(21)10-8-16/h5-12H,3-4,13-14H2,1-2H3. The zero-order chi connectivity index (χ0) is 20.1. The number of hydrogen-bond acceptors (Lipinski definition) is 5. The quantitative estimate of drug-likeness (QED) is 0.573. The second-order valence-electron chi connectivity index (χ2n) is 6.49. The van der Waals surface area contributed by atoms with E-state index in [0.717, 1.165) is 18.4 Å². The molecule has 6 nitrogen and oxygen atoms in total. The summed E-state index contributed by atoms with van der Waals surface area (Å²) >= 11 is 0. The maximum absolute atomic E-state index is 13.0. The minimum atomic E-state index is -3.59. The van der Waals surface area contributed by atoms with Crippen LogP contribution in [0.25, 0.3) is 11.5 Å². The SMILES string of the molecule is CCCc1ccc(S(=O)(=O)N(C)CCc2noc(-c3ccc(F)cc3)n2)cc1. The summed E-state index contributed by atoms with van der Waals surface area (Å²) in [5.41, 5.74) is 1.72. The largest absolute Gasteiger partial charge is 0.334 e. The van der Waals surface area contributed by atoms with Crippen LogP contribution in [0, 0.1) is 5.82 Å². The molecule has 0 radical (unpaired) electrons. The Bertz CT molecular complexity index is 1020. The summed E-state index contributed by atoms with van der Waals surface area (Å²) in [4.78, 5) is 4.51. The highest BCUT2D eigenvalue weighted by molar-refractivity contribution is 7.89. The van der Waals surface area contributed by atoms with Crippen LogP contribution < -0.4 is 0 Å². The number of nitrogens with zero attached hydrogens (tertiary/aromatic N) is 3. The smallest absolute Gasteiger partial charge is 0.257 e. The van der Waals surface area contributed by atoms with E-state index in [1.165, 1.54) is 23.5 Å². The van der Waals surface area contributed by atoms with Crippen molar-refractivity contribution in [1.82, 2.24) is 14.4 Å². The topological polar surface area (TPSA) is 76.3 Å². The van der Waals surface area contributed by atoms with E-state index >= 15 is 0 Å². The molecule has 0 N–H and O–H groups in total. The van der Waals surface area contributed by atoms with Crippen LogP contribution in [-0.2, 0) is 22.9 Å². The summed E-state index contributed by atoms with van der Waals surface area (Å²) in [6, 6.07) is 12.7. The molecule has 148 valence electrons. The van der Waals surface area contributed by atoms with Gasteiger partial charge in [-0.2, -0.15) is 4.98 Å². The molecule has 3 rings (SSSR count). The molecule has 0 bridgehead atoms. The van der Waals surface area contributed by atoms with E-state index in [1.54, 1.807) is 24.3 Å². The van der Waals surface area contributed by atoms with E-state index in [-0.39, 0.29) is 23.1 Å². The fraction of sp³-hybridized carbons (Fsp3) is 0.300. The Morgan fingerprint density at radius 3 is 2.36 bits per heavy atom. The Morgan fingerprint density at radius 2 is 1.71 bits per heavy atom. The zero-order valence-electron chi connectivity index (χ0n) is 15.8. The molecule has 1 heterocycles.